The molecule has 4 fully saturated rings. The molecule has 2 bridgehead atoms. The number of amides is 4. The van der Waals surface area contributed by atoms with E-state index in [-0.39, 0.29) is 5.97 Å². The number of rotatable bonds is 5. The van der Waals surface area contributed by atoms with Gasteiger partial charge in [0.25, 0.3) is 11.8 Å². The summed E-state index contributed by atoms with van der Waals surface area (Å²) in [6.45, 7) is 1.64. The van der Waals surface area contributed by atoms with Crippen molar-refractivity contribution in [2.45, 2.75) is 70.3 Å². The van der Waals surface area contributed by atoms with Gasteiger partial charge in [-0.1, -0.05) is 13.3 Å². The Hall–Kier alpha value is -2.12. The van der Waals surface area contributed by atoms with Gasteiger partial charge >= 0.3 is 12.0 Å². The van der Waals surface area contributed by atoms with Crippen LogP contribution in [0, 0.1) is 23.7 Å². The van der Waals surface area contributed by atoms with Crippen LogP contribution in [0.4, 0.5) is 4.79 Å². The highest BCUT2D eigenvalue weighted by Crippen LogP contribution is 2.49. The molecule has 28 heavy (non-hydrogen) atoms. The first-order valence-corrected chi connectivity index (χ1v) is 10.5. The van der Waals surface area contributed by atoms with Crippen LogP contribution in [-0.4, -0.2) is 41.0 Å². The number of carbonyl (C=O) groups excluding carboxylic acids is 4. The summed E-state index contributed by atoms with van der Waals surface area (Å²) in [6, 6.07) is -0.624. The quantitative estimate of drug-likeness (QED) is 0.550. The molecular weight excluding hydrogens is 362 g/mol. The Labute approximate surface area is 164 Å². The lowest BCUT2D eigenvalue weighted by Gasteiger charge is -2.33. The third-order valence-electron chi connectivity index (χ3n) is 7.20. The van der Waals surface area contributed by atoms with Crippen LogP contribution < -0.4 is 10.7 Å². The molecule has 8 heteroatoms. The van der Waals surface area contributed by atoms with Gasteiger partial charge in [0.05, 0.1) is 0 Å². The second kappa shape index (κ2) is 7.37. The van der Waals surface area contributed by atoms with Crippen molar-refractivity contribution in [3.8, 4) is 0 Å². The first kappa shape index (κ1) is 19.2. The van der Waals surface area contributed by atoms with E-state index < -0.39 is 30.0 Å². The van der Waals surface area contributed by atoms with E-state index in [9.17, 15) is 19.2 Å². The number of hydrazine groups is 1. The van der Waals surface area contributed by atoms with E-state index in [0.717, 1.165) is 30.2 Å². The third kappa shape index (κ3) is 3.61. The van der Waals surface area contributed by atoms with Gasteiger partial charge in [0, 0.05) is 6.42 Å². The molecule has 1 heterocycles. The molecule has 3 aliphatic carbocycles. The summed E-state index contributed by atoms with van der Waals surface area (Å²) in [5.74, 6) is 0.773. The number of imide groups is 1. The molecule has 8 nitrogen and oxygen atoms in total. The minimum atomic E-state index is -0.907. The van der Waals surface area contributed by atoms with Gasteiger partial charge in [-0.2, -0.15) is 5.01 Å². The molecule has 3 saturated carbocycles. The number of urea groups is 1. The van der Waals surface area contributed by atoms with Crippen molar-refractivity contribution < 1.29 is 23.9 Å². The average molecular weight is 391 g/mol. The van der Waals surface area contributed by atoms with Gasteiger partial charge < -0.3 is 10.1 Å². The number of fused-ring (bicyclic) bond motifs is 2. The van der Waals surface area contributed by atoms with Crippen molar-refractivity contribution >= 4 is 23.8 Å². The molecule has 1 aliphatic heterocycles. The molecule has 3 atom stereocenters. The summed E-state index contributed by atoms with van der Waals surface area (Å²) in [5.41, 5.74) is 1.39. The van der Waals surface area contributed by atoms with Crippen LogP contribution in [0.2, 0.25) is 0 Å². The fourth-order valence-corrected chi connectivity index (χ4v) is 5.52. The van der Waals surface area contributed by atoms with E-state index in [2.05, 4.69) is 17.7 Å². The van der Waals surface area contributed by atoms with Crippen LogP contribution >= 0.6 is 0 Å². The Morgan fingerprint density at radius 3 is 2.57 bits per heavy atom. The molecule has 0 aromatic heterocycles. The van der Waals surface area contributed by atoms with Gasteiger partial charge in [-0.3, -0.25) is 19.8 Å². The number of nitrogens with zero attached hydrogens (tertiary/aromatic N) is 1. The van der Waals surface area contributed by atoms with Crippen LogP contribution in [-0.2, 0) is 19.1 Å². The summed E-state index contributed by atoms with van der Waals surface area (Å²) in [7, 11) is 0. The van der Waals surface area contributed by atoms with Crippen molar-refractivity contribution in [3.63, 3.8) is 0 Å². The number of hydrogen-bond acceptors (Lipinski definition) is 5. The summed E-state index contributed by atoms with van der Waals surface area (Å²) >= 11 is 0. The van der Waals surface area contributed by atoms with E-state index >= 15 is 0 Å². The Morgan fingerprint density at radius 2 is 1.93 bits per heavy atom. The number of ether oxygens (including phenoxy) is 1. The predicted octanol–water partition coefficient (Wildman–Crippen LogP) is 1.89. The van der Waals surface area contributed by atoms with Crippen molar-refractivity contribution in [1.29, 1.82) is 0 Å². The van der Waals surface area contributed by atoms with Crippen LogP contribution in [0.15, 0.2) is 0 Å². The van der Waals surface area contributed by atoms with E-state index in [0.29, 0.717) is 37.0 Å². The minimum Gasteiger partial charge on any atom is -0.455 e. The average Bonchev–Trinajstić information content (AvgIpc) is 3.33. The standard InChI is InChI=1S/C20H29N3O5/c1-12-4-6-20(7-5-12)18(26)23(19(27)21-20)22-16(24)11-28-17(25)10-15-9-13-2-3-14(15)8-13/h12-15H,2-11H2,1H3,(H,21,27)(H,22,24)/t12?,13-,14+,15-,20?/m1/s1. The second-order valence-electron chi connectivity index (χ2n) is 9.17. The van der Waals surface area contributed by atoms with Crippen molar-refractivity contribution in [2.24, 2.45) is 23.7 Å². The zero-order chi connectivity index (χ0) is 19.9. The van der Waals surface area contributed by atoms with Gasteiger partial charge in [-0.05, 0) is 68.6 Å². The van der Waals surface area contributed by atoms with Gasteiger partial charge in [-0.15, -0.1) is 0 Å². The van der Waals surface area contributed by atoms with E-state index in [1.807, 2.05) is 0 Å². The molecule has 0 aromatic rings. The zero-order valence-corrected chi connectivity index (χ0v) is 16.4. The Morgan fingerprint density at radius 1 is 1.18 bits per heavy atom. The maximum Gasteiger partial charge on any atom is 0.344 e. The van der Waals surface area contributed by atoms with E-state index in [1.165, 1.54) is 19.3 Å². The summed E-state index contributed by atoms with van der Waals surface area (Å²) in [5, 5.41) is 3.48. The van der Waals surface area contributed by atoms with Gasteiger partial charge in [0.1, 0.15) is 5.54 Å². The van der Waals surface area contributed by atoms with Crippen LogP contribution in [0.5, 0.6) is 0 Å². The van der Waals surface area contributed by atoms with Gasteiger partial charge in [0.15, 0.2) is 6.61 Å². The molecular formula is C20H29N3O5. The lowest BCUT2D eigenvalue weighted by atomic mass is 9.77. The monoisotopic (exact) mass is 391 g/mol. The van der Waals surface area contributed by atoms with E-state index in [1.54, 1.807) is 0 Å². The molecule has 0 unspecified atom stereocenters. The fraction of sp³-hybridized carbons (Fsp3) is 0.800. The molecule has 4 aliphatic rings. The smallest absolute Gasteiger partial charge is 0.344 e. The largest absolute Gasteiger partial charge is 0.455 e. The SMILES string of the molecule is CC1CCC2(CC1)NC(=O)N(NC(=O)COC(=O)C[C@H]1C[C@@H]3CC[C@H]1C3)C2=O. The number of carbonyl (C=O) groups is 4. The van der Waals surface area contributed by atoms with Crippen molar-refractivity contribution in [3.05, 3.63) is 0 Å². The topological polar surface area (TPSA) is 105 Å². The second-order valence-corrected chi connectivity index (χ2v) is 9.17. The predicted molar refractivity (Wildman–Crippen MR) is 98.4 cm³/mol. The molecule has 0 radical (unpaired) electrons. The molecule has 2 N–H and O–H groups in total. The first-order chi connectivity index (χ1) is 13.4. The molecule has 4 amide bonds. The fourth-order valence-electron chi connectivity index (χ4n) is 5.52. The third-order valence-corrected chi connectivity index (χ3v) is 7.20. The Kier molecular flexibility index (Phi) is 5.05. The maximum absolute atomic E-state index is 12.7. The van der Waals surface area contributed by atoms with Crippen LogP contribution in [0.25, 0.3) is 0 Å². The Bertz CT molecular complexity index is 685. The normalized spacial score (nSPS) is 36.7. The molecule has 154 valence electrons. The van der Waals surface area contributed by atoms with Crippen molar-refractivity contribution in [1.82, 2.24) is 15.8 Å². The Balaban J connectivity index is 1.24. The highest BCUT2D eigenvalue weighted by molar-refractivity contribution is 6.08. The minimum absolute atomic E-state index is 0.346. The summed E-state index contributed by atoms with van der Waals surface area (Å²) in [4.78, 5) is 49.1. The molecule has 1 spiro atoms. The molecule has 1 saturated heterocycles. The van der Waals surface area contributed by atoms with Crippen LogP contribution in [0.1, 0.15) is 64.7 Å². The number of nitrogens with one attached hydrogen (secondary N) is 2. The van der Waals surface area contributed by atoms with Crippen LogP contribution in [0.3, 0.4) is 0 Å². The summed E-state index contributed by atoms with van der Waals surface area (Å²) < 4.78 is 5.08. The maximum atomic E-state index is 12.7. The molecule has 4 rings (SSSR count). The van der Waals surface area contributed by atoms with Gasteiger partial charge in [0.2, 0.25) is 0 Å². The molecule has 0 aromatic carbocycles. The van der Waals surface area contributed by atoms with Gasteiger partial charge in [-0.25, -0.2) is 4.79 Å². The first-order valence-electron chi connectivity index (χ1n) is 10.5. The lowest BCUT2D eigenvalue weighted by molar-refractivity contribution is -0.151. The highest BCUT2D eigenvalue weighted by atomic mass is 16.5. The number of esters is 1. The summed E-state index contributed by atoms with van der Waals surface area (Å²) in [6.07, 6.45) is 7.95. The highest BCUT2D eigenvalue weighted by Gasteiger charge is 2.53. The van der Waals surface area contributed by atoms with Crippen molar-refractivity contribution in [2.75, 3.05) is 6.61 Å². The zero-order valence-electron chi connectivity index (χ0n) is 16.4. The number of hydrogen-bond donors (Lipinski definition) is 2. The lowest BCUT2D eigenvalue weighted by Crippen LogP contribution is -2.52. The van der Waals surface area contributed by atoms with E-state index in [4.69, 9.17) is 4.74 Å².